The number of anilines is 1. The topological polar surface area (TPSA) is 37.4 Å². The van der Waals surface area contributed by atoms with Crippen molar-refractivity contribution in [3.8, 4) is 0 Å². The highest BCUT2D eigenvalue weighted by Gasteiger charge is 2.42. The summed E-state index contributed by atoms with van der Waals surface area (Å²) in [4.78, 5) is 2.51. The van der Waals surface area contributed by atoms with Crippen LogP contribution in [0, 0.1) is 0 Å². The summed E-state index contributed by atoms with van der Waals surface area (Å²) < 4.78 is 24.3. The second-order valence-electron chi connectivity index (χ2n) is 5.27. The van der Waals surface area contributed by atoms with Crippen LogP contribution in [0.5, 0.6) is 0 Å². The molecule has 0 spiro atoms. The van der Waals surface area contributed by atoms with Gasteiger partial charge in [-0.2, -0.15) is 0 Å². The predicted molar refractivity (Wildman–Crippen MR) is 70.4 cm³/mol. The van der Waals surface area contributed by atoms with Crippen LogP contribution in [0.25, 0.3) is 0 Å². The van der Waals surface area contributed by atoms with Crippen LogP contribution in [0.15, 0.2) is 23.1 Å². The maximum Gasteiger partial charge on any atom is 0.187 e. The molecule has 94 valence electrons. The van der Waals surface area contributed by atoms with Gasteiger partial charge < -0.3 is 4.90 Å². The Bertz CT molecular complexity index is 547. The highest BCUT2D eigenvalue weighted by Crippen LogP contribution is 2.38. The van der Waals surface area contributed by atoms with Gasteiger partial charge in [-0.05, 0) is 38.0 Å². The quantitative estimate of drug-likeness (QED) is 0.770. The first-order valence-electron chi connectivity index (χ1n) is 5.88. The zero-order valence-corrected chi connectivity index (χ0v) is 11.6. The number of nitrogens with zero attached hydrogens (tertiary/aromatic N) is 1. The summed E-state index contributed by atoms with van der Waals surface area (Å²) >= 11 is 0. The Morgan fingerprint density at radius 2 is 2.00 bits per heavy atom. The zero-order chi connectivity index (χ0) is 12.8. The summed E-state index contributed by atoms with van der Waals surface area (Å²) in [6.45, 7) is 6.15. The molecular formula is C13H19NO2S. The van der Waals surface area contributed by atoms with Gasteiger partial charge in [0.2, 0.25) is 0 Å². The Hall–Kier alpha value is -1.03. The van der Waals surface area contributed by atoms with E-state index in [4.69, 9.17) is 0 Å². The summed E-state index contributed by atoms with van der Waals surface area (Å²) in [6, 6.07) is 5.74. The van der Waals surface area contributed by atoms with Crippen molar-refractivity contribution in [2.24, 2.45) is 0 Å². The maximum absolute atomic E-state index is 12.5. The number of benzene rings is 1. The molecular weight excluding hydrogens is 234 g/mol. The van der Waals surface area contributed by atoms with E-state index in [1.807, 2.05) is 37.1 Å². The van der Waals surface area contributed by atoms with E-state index in [-0.39, 0.29) is 0 Å². The van der Waals surface area contributed by atoms with E-state index in [2.05, 4.69) is 0 Å². The predicted octanol–water partition coefficient (Wildman–Crippen LogP) is 2.25. The van der Waals surface area contributed by atoms with Gasteiger partial charge in [-0.15, -0.1) is 0 Å². The molecule has 1 aromatic carbocycles. The second kappa shape index (κ2) is 3.73. The van der Waals surface area contributed by atoms with Crippen LogP contribution >= 0.6 is 0 Å². The Balaban J connectivity index is 2.72. The SMILES string of the molecule is CCc1ccc2c(c1)S(=O)(=O)C(C)(C)CN2C. The molecule has 0 saturated heterocycles. The normalized spacial score (nSPS) is 21.1. The smallest absolute Gasteiger partial charge is 0.187 e. The maximum atomic E-state index is 12.5. The van der Waals surface area contributed by atoms with Gasteiger partial charge >= 0.3 is 0 Å². The fourth-order valence-corrected chi connectivity index (χ4v) is 4.11. The number of rotatable bonds is 1. The highest BCUT2D eigenvalue weighted by atomic mass is 32.2. The summed E-state index contributed by atoms with van der Waals surface area (Å²) in [5.41, 5.74) is 1.89. The third-order valence-corrected chi connectivity index (χ3v) is 5.97. The molecule has 17 heavy (non-hydrogen) atoms. The van der Waals surface area contributed by atoms with Crippen LogP contribution in [0.2, 0.25) is 0 Å². The van der Waals surface area contributed by atoms with E-state index in [0.29, 0.717) is 11.4 Å². The monoisotopic (exact) mass is 253 g/mol. The fourth-order valence-electron chi connectivity index (χ4n) is 2.35. The lowest BCUT2D eigenvalue weighted by atomic mass is 10.1. The second-order valence-corrected chi connectivity index (χ2v) is 7.83. The lowest BCUT2D eigenvalue weighted by Crippen LogP contribution is -2.47. The first-order valence-corrected chi connectivity index (χ1v) is 7.36. The first-order chi connectivity index (χ1) is 7.79. The fraction of sp³-hybridized carbons (Fsp3) is 0.538. The minimum absolute atomic E-state index is 0.482. The van der Waals surface area contributed by atoms with Gasteiger partial charge in [-0.25, -0.2) is 8.42 Å². The van der Waals surface area contributed by atoms with Crippen molar-refractivity contribution in [2.45, 2.75) is 36.8 Å². The minimum Gasteiger partial charge on any atom is -0.372 e. The standard InChI is InChI=1S/C13H19NO2S/c1-5-10-6-7-11-12(8-10)17(15,16)13(2,3)9-14(11)4/h6-8H,5,9H2,1-4H3. The molecule has 0 saturated carbocycles. The van der Waals surface area contributed by atoms with Crippen LogP contribution in [-0.2, 0) is 16.3 Å². The van der Waals surface area contributed by atoms with E-state index >= 15 is 0 Å². The molecule has 0 aliphatic carbocycles. The summed E-state index contributed by atoms with van der Waals surface area (Å²) in [5, 5.41) is 0. The molecule has 1 aromatic rings. The molecule has 1 aliphatic rings. The van der Waals surface area contributed by atoms with Gasteiger partial charge in [0.25, 0.3) is 0 Å². The number of fused-ring (bicyclic) bond motifs is 1. The summed E-state index contributed by atoms with van der Waals surface area (Å²) in [6.07, 6.45) is 0.854. The molecule has 0 atom stereocenters. The van der Waals surface area contributed by atoms with E-state index in [1.165, 1.54) is 0 Å². The molecule has 0 fully saturated rings. The highest BCUT2D eigenvalue weighted by molar-refractivity contribution is 7.93. The van der Waals surface area contributed by atoms with Gasteiger partial charge in [0.1, 0.15) is 0 Å². The Labute approximate surface area is 103 Å². The zero-order valence-electron chi connectivity index (χ0n) is 10.8. The number of hydrogen-bond acceptors (Lipinski definition) is 3. The van der Waals surface area contributed by atoms with Gasteiger partial charge in [-0.1, -0.05) is 13.0 Å². The molecule has 2 rings (SSSR count). The van der Waals surface area contributed by atoms with Gasteiger partial charge in [-0.3, -0.25) is 0 Å². The summed E-state index contributed by atoms with van der Waals surface area (Å²) in [7, 11) is -1.28. The number of sulfone groups is 1. The van der Waals surface area contributed by atoms with Crippen LogP contribution < -0.4 is 4.90 Å². The molecule has 0 aromatic heterocycles. The van der Waals surface area contributed by atoms with Crippen LogP contribution in [0.3, 0.4) is 0 Å². The lowest BCUT2D eigenvalue weighted by Gasteiger charge is -2.38. The van der Waals surface area contributed by atoms with Gasteiger partial charge in [0.05, 0.1) is 15.3 Å². The van der Waals surface area contributed by atoms with Gasteiger partial charge in [0.15, 0.2) is 9.84 Å². The summed E-state index contributed by atoms with van der Waals surface area (Å²) in [5.74, 6) is 0. The molecule has 0 unspecified atom stereocenters. The lowest BCUT2D eigenvalue weighted by molar-refractivity contribution is 0.534. The largest absolute Gasteiger partial charge is 0.372 e. The molecule has 0 N–H and O–H groups in total. The molecule has 3 nitrogen and oxygen atoms in total. The molecule has 0 bridgehead atoms. The molecule has 1 heterocycles. The molecule has 0 radical (unpaired) electrons. The van der Waals surface area contributed by atoms with Crippen molar-refractivity contribution in [1.82, 2.24) is 0 Å². The Morgan fingerprint density at radius 1 is 1.35 bits per heavy atom. The van der Waals surface area contributed by atoms with E-state index in [0.717, 1.165) is 17.7 Å². The van der Waals surface area contributed by atoms with Crippen molar-refractivity contribution >= 4 is 15.5 Å². The Morgan fingerprint density at radius 3 is 2.59 bits per heavy atom. The molecule has 4 heteroatoms. The van der Waals surface area contributed by atoms with Crippen molar-refractivity contribution in [2.75, 3.05) is 18.5 Å². The average Bonchev–Trinajstić information content (AvgIpc) is 2.25. The Kier molecular flexibility index (Phi) is 2.73. The van der Waals surface area contributed by atoms with Gasteiger partial charge in [0, 0.05) is 13.6 Å². The van der Waals surface area contributed by atoms with E-state index in [1.54, 1.807) is 13.8 Å². The minimum atomic E-state index is -3.23. The van der Waals surface area contributed by atoms with Crippen molar-refractivity contribution in [1.29, 1.82) is 0 Å². The molecule has 0 amide bonds. The number of aryl methyl sites for hydroxylation is 1. The third-order valence-electron chi connectivity index (χ3n) is 3.48. The van der Waals surface area contributed by atoms with Crippen LogP contribution in [0.1, 0.15) is 26.3 Å². The van der Waals surface area contributed by atoms with E-state index < -0.39 is 14.6 Å². The third kappa shape index (κ3) is 1.75. The van der Waals surface area contributed by atoms with E-state index in [9.17, 15) is 8.42 Å². The van der Waals surface area contributed by atoms with Crippen molar-refractivity contribution in [3.05, 3.63) is 23.8 Å². The van der Waals surface area contributed by atoms with Crippen LogP contribution in [-0.4, -0.2) is 26.8 Å². The first kappa shape index (κ1) is 12.4. The number of hydrogen-bond donors (Lipinski definition) is 0. The van der Waals surface area contributed by atoms with Crippen molar-refractivity contribution < 1.29 is 8.42 Å². The van der Waals surface area contributed by atoms with Crippen molar-refractivity contribution in [3.63, 3.8) is 0 Å². The average molecular weight is 253 g/mol. The van der Waals surface area contributed by atoms with Crippen LogP contribution in [0.4, 0.5) is 5.69 Å². The molecule has 1 aliphatic heterocycles.